The van der Waals surface area contributed by atoms with Gasteiger partial charge in [0.25, 0.3) is 0 Å². The highest BCUT2D eigenvalue weighted by molar-refractivity contribution is 5.79. The number of rotatable bonds is 3. The van der Waals surface area contributed by atoms with E-state index < -0.39 is 11.9 Å². The van der Waals surface area contributed by atoms with Crippen molar-refractivity contribution in [2.24, 2.45) is 17.3 Å². The number of nitrogens with one attached hydrogen (secondary N) is 1. The maximum absolute atomic E-state index is 10.2. The molecule has 5 heteroatoms. The number of hydrogen-bond donors (Lipinski definition) is 4. The van der Waals surface area contributed by atoms with Crippen LogP contribution in [0.1, 0.15) is 0 Å². The summed E-state index contributed by atoms with van der Waals surface area (Å²) in [6, 6.07) is -0.602. The van der Waals surface area contributed by atoms with E-state index in [0.29, 0.717) is 0 Å². The van der Waals surface area contributed by atoms with Crippen LogP contribution in [0.2, 0.25) is 0 Å². The highest BCUT2D eigenvalue weighted by atomic mass is 16.1. The Kier molecular flexibility index (Phi) is 3.09. The van der Waals surface area contributed by atoms with E-state index in [1.165, 1.54) is 0 Å². The molecule has 1 atom stereocenters. The van der Waals surface area contributed by atoms with Gasteiger partial charge in [-0.2, -0.15) is 0 Å². The van der Waals surface area contributed by atoms with Crippen LogP contribution in [-0.4, -0.2) is 18.5 Å². The number of carbonyl (C=O) groups excluding carboxylic acids is 1. The van der Waals surface area contributed by atoms with Gasteiger partial charge in [0.15, 0.2) is 0 Å². The van der Waals surface area contributed by atoms with Gasteiger partial charge in [-0.15, -0.1) is 0 Å². The highest BCUT2D eigenvalue weighted by Crippen LogP contribution is 1.70. The van der Waals surface area contributed by atoms with Crippen molar-refractivity contribution in [1.29, 1.82) is 0 Å². The van der Waals surface area contributed by atoms with E-state index in [0.717, 1.165) is 0 Å². The molecule has 0 aromatic carbocycles. The molecule has 0 aliphatic rings. The molecule has 0 unspecified atom stereocenters. The summed E-state index contributed by atoms with van der Waals surface area (Å²) in [6.45, 7) is 0.131. The molecule has 0 aromatic rings. The quantitative estimate of drug-likeness (QED) is 0.238. The van der Waals surface area contributed by atoms with Gasteiger partial charge < -0.3 is 11.5 Å². The third-order valence-corrected chi connectivity index (χ3v) is 0.780. The average molecular weight is 118 g/mol. The number of carbonyl (C=O) groups is 1. The van der Waals surface area contributed by atoms with Gasteiger partial charge in [-0.05, 0) is 0 Å². The molecule has 0 fully saturated rings. The fourth-order valence-electron chi connectivity index (χ4n) is 0.266. The Balaban J connectivity index is 3.52. The van der Waals surface area contributed by atoms with Crippen LogP contribution in [-0.2, 0) is 4.79 Å². The van der Waals surface area contributed by atoms with Gasteiger partial charge in [0.05, 0.1) is 0 Å². The number of amides is 1. The zero-order chi connectivity index (χ0) is 6.57. The van der Waals surface area contributed by atoms with Gasteiger partial charge in [-0.1, -0.05) is 0 Å². The molecule has 0 spiro atoms. The lowest BCUT2D eigenvalue weighted by molar-refractivity contribution is -0.119. The maximum Gasteiger partial charge on any atom is 0.237 e. The van der Waals surface area contributed by atoms with E-state index in [9.17, 15) is 4.79 Å². The second-order valence-corrected chi connectivity index (χ2v) is 1.36. The lowest BCUT2D eigenvalue weighted by atomic mass is 10.3. The van der Waals surface area contributed by atoms with E-state index in [1.54, 1.807) is 0 Å². The SMILES string of the molecule is NC[C@@H](NN)C(N)=O. The summed E-state index contributed by atoms with van der Waals surface area (Å²) in [5, 5.41) is 0. The molecule has 7 N–H and O–H groups in total. The Morgan fingerprint density at radius 2 is 2.25 bits per heavy atom. The largest absolute Gasteiger partial charge is 0.368 e. The van der Waals surface area contributed by atoms with Crippen LogP contribution in [0.3, 0.4) is 0 Å². The summed E-state index contributed by atoms with van der Waals surface area (Å²) in [4.78, 5) is 10.2. The summed E-state index contributed by atoms with van der Waals surface area (Å²) in [6.07, 6.45) is 0. The van der Waals surface area contributed by atoms with E-state index >= 15 is 0 Å². The molecule has 0 bridgehead atoms. The fraction of sp³-hybridized carbons (Fsp3) is 0.667. The topological polar surface area (TPSA) is 107 Å². The highest BCUT2D eigenvalue weighted by Gasteiger charge is 2.08. The summed E-state index contributed by atoms with van der Waals surface area (Å²) < 4.78 is 0. The zero-order valence-electron chi connectivity index (χ0n) is 4.42. The van der Waals surface area contributed by atoms with Crippen LogP contribution >= 0.6 is 0 Å². The molecule has 0 saturated carbocycles. The van der Waals surface area contributed by atoms with Crippen LogP contribution in [0.25, 0.3) is 0 Å². The Hall–Kier alpha value is -0.650. The standard InChI is InChI=1S/C3H10N4O/c4-1-2(7-6)3(5)8/h2,7H,1,4,6H2,(H2,5,8)/t2-/m1/s1. The van der Waals surface area contributed by atoms with Crippen LogP contribution in [0, 0.1) is 0 Å². The lowest BCUT2D eigenvalue weighted by Gasteiger charge is -2.06. The van der Waals surface area contributed by atoms with Crippen LogP contribution in [0.15, 0.2) is 0 Å². The minimum Gasteiger partial charge on any atom is -0.368 e. The van der Waals surface area contributed by atoms with Crippen molar-refractivity contribution in [1.82, 2.24) is 5.43 Å². The minimum absolute atomic E-state index is 0.131. The Bertz CT molecular complexity index is 79.4. The molecule has 0 aliphatic carbocycles. The first-order valence-corrected chi connectivity index (χ1v) is 2.18. The summed E-state index contributed by atoms with van der Waals surface area (Å²) in [5.41, 5.74) is 12.0. The van der Waals surface area contributed by atoms with Crippen molar-refractivity contribution in [3.63, 3.8) is 0 Å². The molecule has 1 amide bonds. The fourth-order valence-corrected chi connectivity index (χ4v) is 0.266. The van der Waals surface area contributed by atoms with Gasteiger partial charge in [0.2, 0.25) is 5.91 Å². The molecular weight excluding hydrogens is 108 g/mol. The molecular formula is C3H10N4O. The Morgan fingerprint density at radius 3 is 2.25 bits per heavy atom. The summed E-state index contributed by atoms with van der Waals surface area (Å²) >= 11 is 0. The van der Waals surface area contributed by atoms with Crippen molar-refractivity contribution < 1.29 is 4.79 Å². The second-order valence-electron chi connectivity index (χ2n) is 1.36. The predicted octanol–water partition coefficient (Wildman–Crippen LogP) is -2.74. The Labute approximate surface area is 47.2 Å². The monoisotopic (exact) mass is 118 g/mol. The smallest absolute Gasteiger partial charge is 0.237 e. The minimum atomic E-state index is -0.602. The van der Waals surface area contributed by atoms with Gasteiger partial charge in [0.1, 0.15) is 6.04 Å². The summed E-state index contributed by atoms with van der Waals surface area (Å²) in [5.74, 6) is 4.32. The van der Waals surface area contributed by atoms with Crippen molar-refractivity contribution in [2.75, 3.05) is 6.54 Å². The third-order valence-electron chi connectivity index (χ3n) is 0.780. The number of hydrazine groups is 1. The second kappa shape index (κ2) is 3.36. The normalized spacial score (nSPS) is 13.2. The summed E-state index contributed by atoms with van der Waals surface area (Å²) in [7, 11) is 0. The maximum atomic E-state index is 10.2. The third kappa shape index (κ3) is 1.87. The van der Waals surface area contributed by atoms with Crippen LogP contribution in [0.5, 0.6) is 0 Å². The first-order valence-electron chi connectivity index (χ1n) is 2.18. The van der Waals surface area contributed by atoms with E-state index in [-0.39, 0.29) is 6.54 Å². The van der Waals surface area contributed by atoms with E-state index in [1.807, 2.05) is 0 Å². The van der Waals surface area contributed by atoms with Crippen molar-refractivity contribution in [2.45, 2.75) is 6.04 Å². The Morgan fingerprint density at radius 1 is 1.75 bits per heavy atom. The number of nitrogens with two attached hydrogens (primary N) is 3. The van der Waals surface area contributed by atoms with Crippen LogP contribution < -0.4 is 22.7 Å². The number of primary amides is 1. The first kappa shape index (κ1) is 7.35. The average Bonchev–Trinajstić information content (AvgIpc) is 1.69. The lowest BCUT2D eigenvalue weighted by Crippen LogP contribution is -2.49. The predicted molar refractivity (Wildman–Crippen MR) is 29.4 cm³/mol. The van der Waals surface area contributed by atoms with Crippen molar-refractivity contribution in [3.05, 3.63) is 0 Å². The molecule has 0 aromatic heterocycles. The zero-order valence-corrected chi connectivity index (χ0v) is 4.42. The van der Waals surface area contributed by atoms with Gasteiger partial charge in [-0.3, -0.25) is 10.6 Å². The first-order chi connectivity index (χ1) is 3.72. The van der Waals surface area contributed by atoms with Crippen LogP contribution in [0.4, 0.5) is 0 Å². The molecule has 0 rings (SSSR count). The molecule has 8 heavy (non-hydrogen) atoms. The van der Waals surface area contributed by atoms with Crippen molar-refractivity contribution in [3.8, 4) is 0 Å². The molecule has 0 heterocycles. The van der Waals surface area contributed by atoms with E-state index in [4.69, 9.17) is 17.3 Å². The molecule has 0 radical (unpaired) electrons. The number of hydrogen-bond acceptors (Lipinski definition) is 4. The molecule has 48 valence electrons. The van der Waals surface area contributed by atoms with Gasteiger partial charge >= 0.3 is 0 Å². The van der Waals surface area contributed by atoms with Crippen molar-refractivity contribution >= 4 is 5.91 Å². The molecule has 5 nitrogen and oxygen atoms in total. The molecule has 0 aliphatic heterocycles. The molecule has 0 saturated heterocycles. The van der Waals surface area contributed by atoms with Gasteiger partial charge in [0, 0.05) is 6.54 Å². The van der Waals surface area contributed by atoms with Gasteiger partial charge in [-0.25, -0.2) is 5.43 Å². The van der Waals surface area contributed by atoms with E-state index in [2.05, 4.69) is 5.43 Å².